The van der Waals surface area contributed by atoms with Crippen molar-refractivity contribution in [3.05, 3.63) is 34.9 Å². The first kappa shape index (κ1) is 11.3. The van der Waals surface area contributed by atoms with E-state index in [0.29, 0.717) is 0 Å². The Bertz CT molecular complexity index is 308. The highest BCUT2D eigenvalue weighted by molar-refractivity contribution is 5.35. The molecule has 0 unspecified atom stereocenters. The van der Waals surface area contributed by atoms with Crippen molar-refractivity contribution in [1.82, 2.24) is 0 Å². The second-order valence-electron chi connectivity index (χ2n) is 4.26. The summed E-state index contributed by atoms with van der Waals surface area (Å²) in [6.45, 7) is 7.96. The zero-order valence-electron chi connectivity index (χ0n) is 9.59. The Morgan fingerprint density at radius 2 is 1.79 bits per heavy atom. The standard InChI is InChI=1S/C13H20O/c1-5-10-7-8-12(13(3,4)14)11(6-2)9-10/h7-9,14H,5-6H2,1-4H3. The third kappa shape index (κ3) is 2.36. The van der Waals surface area contributed by atoms with Crippen LogP contribution in [0.15, 0.2) is 18.2 Å². The molecule has 0 saturated heterocycles. The van der Waals surface area contributed by atoms with Gasteiger partial charge in [-0.15, -0.1) is 0 Å². The Morgan fingerprint density at radius 3 is 2.21 bits per heavy atom. The fourth-order valence-corrected chi connectivity index (χ4v) is 1.76. The van der Waals surface area contributed by atoms with Gasteiger partial charge in [-0.05, 0) is 43.4 Å². The molecule has 14 heavy (non-hydrogen) atoms. The summed E-state index contributed by atoms with van der Waals surface area (Å²) >= 11 is 0. The third-order valence-corrected chi connectivity index (χ3v) is 2.62. The van der Waals surface area contributed by atoms with Crippen LogP contribution in [0.5, 0.6) is 0 Å². The average Bonchev–Trinajstić information content (AvgIpc) is 2.15. The molecule has 0 bridgehead atoms. The van der Waals surface area contributed by atoms with Gasteiger partial charge in [-0.1, -0.05) is 32.0 Å². The van der Waals surface area contributed by atoms with E-state index in [9.17, 15) is 5.11 Å². The van der Waals surface area contributed by atoms with E-state index in [1.54, 1.807) is 0 Å². The number of hydrogen-bond donors (Lipinski definition) is 1. The Morgan fingerprint density at radius 1 is 1.14 bits per heavy atom. The van der Waals surface area contributed by atoms with Crippen molar-refractivity contribution in [1.29, 1.82) is 0 Å². The van der Waals surface area contributed by atoms with Gasteiger partial charge in [0, 0.05) is 0 Å². The largest absolute Gasteiger partial charge is 0.386 e. The van der Waals surface area contributed by atoms with Crippen LogP contribution in [0.1, 0.15) is 44.4 Å². The summed E-state index contributed by atoms with van der Waals surface area (Å²) in [5.74, 6) is 0. The van der Waals surface area contributed by atoms with Gasteiger partial charge in [-0.3, -0.25) is 0 Å². The predicted octanol–water partition coefficient (Wildman–Crippen LogP) is 3.04. The monoisotopic (exact) mass is 192 g/mol. The van der Waals surface area contributed by atoms with Gasteiger partial charge in [0.2, 0.25) is 0 Å². The molecule has 0 aliphatic heterocycles. The smallest absolute Gasteiger partial charge is 0.0843 e. The molecule has 0 amide bonds. The van der Waals surface area contributed by atoms with Gasteiger partial charge in [-0.25, -0.2) is 0 Å². The molecule has 0 saturated carbocycles. The fourth-order valence-electron chi connectivity index (χ4n) is 1.76. The second-order valence-corrected chi connectivity index (χ2v) is 4.26. The van der Waals surface area contributed by atoms with Crippen LogP contribution in [0.2, 0.25) is 0 Å². The SMILES string of the molecule is CCc1ccc(C(C)(C)O)c(CC)c1. The van der Waals surface area contributed by atoms with Gasteiger partial charge in [-0.2, -0.15) is 0 Å². The Hall–Kier alpha value is -0.820. The van der Waals surface area contributed by atoms with E-state index in [0.717, 1.165) is 18.4 Å². The lowest BCUT2D eigenvalue weighted by Crippen LogP contribution is -2.18. The number of aliphatic hydroxyl groups is 1. The van der Waals surface area contributed by atoms with Crippen LogP contribution in [0.4, 0.5) is 0 Å². The Labute approximate surface area is 86.8 Å². The average molecular weight is 192 g/mol. The maximum absolute atomic E-state index is 9.96. The normalized spacial score (nSPS) is 11.8. The quantitative estimate of drug-likeness (QED) is 0.780. The first-order chi connectivity index (χ1) is 6.49. The van der Waals surface area contributed by atoms with E-state index < -0.39 is 5.60 Å². The van der Waals surface area contributed by atoms with Crippen molar-refractivity contribution >= 4 is 0 Å². The molecule has 1 aromatic rings. The molecule has 0 aromatic heterocycles. The van der Waals surface area contributed by atoms with Crippen molar-refractivity contribution in [3.8, 4) is 0 Å². The molecule has 0 aliphatic carbocycles. The van der Waals surface area contributed by atoms with Crippen LogP contribution in [0.3, 0.4) is 0 Å². The van der Waals surface area contributed by atoms with Crippen LogP contribution < -0.4 is 0 Å². The van der Waals surface area contributed by atoms with E-state index in [-0.39, 0.29) is 0 Å². The lowest BCUT2D eigenvalue weighted by atomic mass is 9.90. The van der Waals surface area contributed by atoms with Gasteiger partial charge in [0.1, 0.15) is 0 Å². The fraction of sp³-hybridized carbons (Fsp3) is 0.538. The highest BCUT2D eigenvalue weighted by Gasteiger charge is 2.18. The topological polar surface area (TPSA) is 20.2 Å². The molecular formula is C13H20O. The number of rotatable bonds is 3. The van der Waals surface area contributed by atoms with Crippen LogP contribution in [0.25, 0.3) is 0 Å². The van der Waals surface area contributed by atoms with Crippen LogP contribution in [0, 0.1) is 0 Å². The number of benzene rings is 1. The molecule has 0 heterocycles. The van der Waals surface area contributed by atoms with Crippen LogP contribution in [-0.4, -0.2) is 5.11 Å². The molecule has 0 aliphatic rings. The number of aryl methyl sites for hydroxylation is 2. The molecule has 1 rings (SSSR count). The van der Waals surface area contributed by atoms with Crippen LogP contribution in [-0.2, 0) is 18.4 Å². The van der Waals surface area contributed by atoms with E-state index in [1.165, 1.54) is 11.1 Å². The second kappa shape index (κ2) is 4.14. The molecule has 0 radical (unpaired) electrons. The molecule has 1 N–H and O–H groups in total. The summed E-state index contributed by atoms with van der Waals surface area (Å²) in [7, 11) is 0. The van der Waals surface area contributed by atoms with Crippen molar-refractivity contribution in [2.24, 2.45) is 0 Å². The minimum Gasteiger partial charge on any atom is -0.386 e. The zero-order chi connectivity index (χ0) is 10.8. The minimum absolute atomic E-state index is 0.725. The molecule has 1 heteroatoms. The summed E-state index contributed by atoms with van der Waals surface area (Å²) in [5, 5.41) is 9.96. The van der Waals surface area contributed by atoms with E-state index in [1.807, 2.05) is 13.8 Å². The summed E-state index contributed by atoms with van der Waals surface area (Å²) < 4.78 is 0. The highest BCUT2D eigenvalue weighted by atomic mass is 16.3. The highest BCUT2D eigenvalue weighted by Crippen LogP contribution is 2.25. The summed E-state index contributed by atoms with van der Waals surface area (Å²) in [6, 6.07) is 6.36. The van der Waals surface area contributed by atoms with Gasteiger partial charge in [0.25, 0.3) is 0 Å². The zero-order valence-corrected chi connectivity index (χ0v) is 9.59. The Balaban J connectivity index is 3.18. The van der Waals surface area contributed by atoms with E-state index in [4.69, 9.17) is 0 Å². The number of hydrogen-bond acceptors (Lipinski definition) is 1. The molecule has 0 fully saturated rings. The minimum atomic E-state index is -0.725. The molecule has 0 atom stereocenters. The lowest BCUT2D eigenvalue weighted by Gasteiger charge is -2.21. The third-order valence-electron chi connectivity index (χ3n) is 2.62. The summed E-state index contributed by atoms with van der Waals surface area (Å²) in [5.41, 5.74) is 2.93. The van der Waals surface area contributed by atoms with E-state index >= 15 is 0 Å². The summed E-state index contributed by atoms with van der Waals surface area (Å²) in [6.07, 6.45) is 2.03. The van der Waals surface area contributed by atoms with Gasteiger partial charge in [0.15, 0.2) is 0 Å². The summed E-state index contributed by atoms with van der Waals surface area (Å²) in [4.78, 5) is 0. The lowest BCUT2D eigenvalue weighted by molar-refractivity contribution is 0.0776. The molecule has 1 aromatic carbocycles. The van der Waals surface area contributed by atoms with Gasteiger partial charge >= 0.3 is 0 Å². The van der Waals surface area contributed by atoms with Crippen molar-refractivity contribution < 1.29 is 5.11 Å². The molecule has 78 valence electrons. The molecular weight excluding hydrogens is 172 g/mol. The van der Waals surface area contributed by atoms with Crippen molar-refractivity contribution in [3.63, 3.8) is 0 Å². The maximum Gasteiger partial charge on any atom is 0.0843 e. The van der Waals surface area contributed by atoms with Crippen molar-refractivity contribution in [2.45, 2.75) is 46.1 Å². The first-order valence-electron chi connectivity index (χ1n) is 5.33. The van der Waals surface area contributed by atoms with Gasteiger partial charge in [0.05, 0.1) is 5.60 Å². The molecule has 1 nitrogen and oxygen atoms in total. The predicted molar refractivity (Wildman–Crippen MR) is 60.4 cm³/mol. The van der Waals surface area contributed by atoms with Crippen molar-refractivity contribution in [2.75, 3.05) is 0 Å². The van der Waals surface area contributed by atoms with Gasteiger partial charge < -0.3 is 5.11 Å². The first-order valence-corrected chi connectivity index (χ1v) is 5.33. The maximum atomic E-state index is 9.96. The molecule has 0 spiro atoms. The van der Waals surface area contributed by atoms with Crippen LogP contribution >= 0.6 is 0 Å². The van der Waals surface area contributed by atoms with E-state index in [2.05, 4.69) is 32.0 Å². The Kier molecular flexibility index (Phi) is 3.33.